The van der Waals surface area contributed by atoms with Crippen molar-refractivity contribution in [2.45, 2.75) is 31.2 Å². The van der Waals surface area contributed by atoms with Crippen molar-refractivity contribution >= 4 is 16.1 Å². The summed E-state index contributed by atoms with van der Waals surface area (Å²) in [6.07, 6.45) is 0.618. The zero-order valence-corrected chi connectivity index (χ0v) is 17.9. The Bertz CT molecular complexity index is 1000. The Labute approximate surface area is 176 Å². The van der Waals surface area contributed by atoms with Gasteiger partial charge in [-0.3, -0.25) is 0 Å². The lowest BCUT2D eigenvalue weighted by molar-refractivity contribution is 0.169. The van der Waals surface area contributed by atoms with Gasteiger partial charge in [0.05, 0.1) is 0 Å². The number of hydrogen-bond acceptors (Lipinski definition) is 5. The molecule has 9 heteroatoms. The number of piperazine rings is 1. The lowest BCUT2D eigenvalue weighted by Gasteiger charge is -2.34. The highest BCUT2D eigenvalue weighted by molar-refractivity contribution is 7.89. The van der Waals surface area contributed by atoms with Crippen LogP contribution >= 0.6 is 0 Å². The van der Waals surface area contributed by atoms with E-state index >= 15 is 0 Å². The third-order valence-electron chi connectivity index (χ3n) is 5.11. The predicted molar refractivity (Wildman–Crippen MR) is 113 cm³/mol. The molecule has 1 fully saturated rings. The first-order valence-corrected chi connectivity index (χ1v) is 11.2. The van der Waals surface area contributed by atoms with Gasteiger partial charge in [0.2, 0.25) is 10.0 Å². The molecule has 1 aliphatic rings. The van der Waals surface area contributed by atoms with Crippen LogP contribution in [0.3, 0.4) is 0 Å². The lowest BCUT2D eigenvalue weighted by Crippen LogP contribution is -2.54. The van der Waals surface area contributed by atoms with Crippen LogP contribution in [-0.4, -0.2) is 66.1 Å². The molecule has 1 saturated heterocycles. The van der Waals surface area contributed by atoms with Crippen molar-refractivity contribution in [3.05, 3.63) is 53.6 Å². The van der Waals surface area contributed by atoms with Crippen LogP contribution in [-0.2, 0) is 16.4 Å². The molecule has 1 atom stereocenters. The fourth-order valence-electron chi connectivity index (χ4n) is 3.44. The van der Waals surface area contributed by atoms with Crippen molar-refractivity contribution in [1.29, 1.82) is 0 Å². The normalized spacial score (nSPS) is 16.3. The van der Waals surface area contributed by atoms with Crippen LogP contribution in [0.1, 0.15) is 18.1 Å². The van der Waals surface area contributed by atoms with Crippen LogP contribution in [0, 0.1) is 6.92 Å². The number of carbonyl (C=O) groups is 1. The average Bonchev–Trinajstić information content (AvgIpc) is 2.71. The fourth-order valence-corrected chi connectivity index (χ4v) is 5.03. The molecule has 0 aliphatic carbocycles. The van der Waals surface area contributed by atoms with Crippen LogP contribution in [0.15, 0.2) is 47.4 Å². The number of phenols is 2. The molecular weight excluding hydrogens is 406 g/mol. The largest absolute Gasteiger partial charge is 0.508 e. The van der Waals surface area contributed by atoms with E-state index in [1.807, 2.05) is 19.1 Å². The summed E-state index contributed by atoms with van der Waals surface area (Å²) in [4.78, 5) is 14.0. The SMILES string of the molecule is Cc1ccc(O)c(S(=O)(=O)N2CCN(C(=O)NC(C)Cc3ccc(O)cc3)CC2)c1. The maximum Gasteiger partial charge on any atom is 0.317 e. The van der Waals surface area contributed by atoms with Gasteiger partial charge in [0.15, 0.2) is 0 Å². The van der Waals surface area contributed by atoms with E-state index in [2.05, 4.69) is 5.32 Å². The highest BCUT2D eigenvalue weighted by Gasteiger charge is 2.32. The van der Waals surface area contributed by atoms with E-state index in [9.17, 15) is 23.4 Å². The van der Waals surface area contributed by atoms with Crippen LogP contribution in [0.25, 0.3) is 0 Å². The summed E-state index contributed by atoms with van der Waals surface area (Å²) in [6, 6.07) is 11.0. The Kier molecular flexibility index (Phi) is 6.52. The zero-order chi connectivity index (χ0) is 21.9. The Morgan fingerprint density at radius 3 is 2.33 bits per heavy atom. The monoisotopic (exact) mass is 433 g/mol. The Balaban J connectivity index is 1.56. The van der Waals surface area contributed by atoms with E-state index < -0.39 is 10.0 Å². The molecule has 3 rings (SSSR count). The minimum atomic E-state index is -3.83. The summed E-state index contributed by atoms with van der Waals surface area (Å²) in [5, 5.41) is 22.3. The lowest BCUT2D eigenvalue weighted by atomic mass is 10.1. The van der Waals surface area contributed by atoms with Crippen molar-refractivity contribution in [3.63, 3.8) is 0 Å². The number of urea groups is 1. The molecule has 30 heavy (non-hydrogen) atoms. The minimum absolute atomic E-state index is 0.108. The number of carbonyl (C=O) groups excluding carboxylic acids is 1. The fraction of sp³-hybridized carbons (Fsp3) is 0.381. The second-order valence-corrected chi connectivity index (χ2v) is 9.49. The molecule has 2 aromatic carbocycles. The van der Waals surface area contributed by atoms with Gasteiger partial charge in [-0.2, -0.15) is 4.31 Å². The Morgan fingerprint density at radius 2 is 1.70 bits per heavy atom. The molecule has 8 nitrogen and oxygen atoms in total. The smallest absolute Gasteiger partial charge is 0.317 e. The minimum Gasteiger partial charge on any atom is -0.508 e. The van der Waals surface area contributed by atoms with E-state index in [0.29, 0.717) is 6.42 Å². The van der Waals surface area contributed by atoms with Crippen LogP contribution < -0.4 is 5.32 Å². The third kappa shape index (κ3) is 5.03. The number of hydrogen-bond donors (Lipinski definition) is 3. The number of aryl methyl sites for hydroxylation is 1. The van der Waals surface area contributed by atoms with Crippen molar-refractivity contribution in [2.24, 2.45) is 0 Å². The standard InChI is InChI=1S/C21H27N3O5S/c1-15-3-8-19(26)20(13-15)30(28,29)24-11-9-23(10-12-24)21(27)22-16(2)14-17-4-6-18(25)7-5-17/h3-8,13,16,25-26H,9-12,14H2,1-2H3,(H,22,27). The van der Waals surface area contributed by atoms with Gasteiger partial charge in [0, 0.05) is 32.2 Å². The molecule has 0 spiro atoms. The quantitative estimate of drug-likeness (QED) is 0.669. The first kappa shape index (κ1) is 21.9. The summed E-state index contributed by atoms with van der Waals surface area (Å²) < 4.78 is 27.0. The number of phenolic OH excluding ortho intramolecular Hbond substituents is 2. The molecule has 1 unspecified atom stereocenters. The molecule has 1 aliphatic heterocycles. The second kappa shape index (κ2) is 8.93. The third-order valence-corrected chi connectivity index (χ3v) is 7.03. The van der Waals surface area contributed by atoms with Crippen LogP contribution in [0.5, 0.6) is 11.5 Å². The van der Waals surface area contributed by atoms with E-state index in [1.54, 1.807) is 30.0 Å². The van der Waals surface area contributed by atoms with Crippen molar-refractivity contribution in [3.8, 4) is 11.5 Å². The number of nitrogens with zero attached hydrogens (tertiary/aromatic N) is 2. The molecule has 0 saturated carbocycles. The molecule has 0 bridgehead atoms. The average molecular weight is 434 g/mol. The predicted octanol–water partition coefficient (Wildman–Crippen LogP) is 2.05. The van der Waals surface area contributed by atoms with Gasteiger partial charge in [-0.15, -0.1) is 0 Å². The summed E-state index contributed by atoms with van der Waals surface area (Å²) in [7, 11) is -3.83. The zero-order valence-electron chi connectivity index (χ0n) is 17.1. The first-order valence-electron chi connectivity index (χ1n) is 9.80. The first-order chi connectivity index (χ1) is 14.2. The van der Waals surface area contributed by atoms with Crippen molar-refractivity contribution < 1.29 is 23.4 Å². The molecule has 3 N–H and O–H groups in total. The van der Waals surface area contributed by atoms with E-state index in [-0.39, 0.29) is 54.6 Å². The number of nitrogens with one attached hydrogen (secondary N) is 1. The molecule has 0 radical (unpaired) electrons. The number of amides is 2. The number of rotatable bonds is 5. The Morgan fingerprint density at radius 1 is 1.07 bits per heavy atom. The molecule has 0 aromatic heterocycles. The topological polar surface area (TPSA) is 110 Å². The number of benzene rings is 2. The maximum atomic E-state index is 12.9. The Hall–Kier alpha value is -2.78. The van der Waals surface area contributed by atoms with Crippen LogP contribution in [0.2, 0.25) is 0 Å². The highest BCUT2D eigenvalue weighted by atomic mass is 32.2. The van der Waals surface area contributed by atoms with Gasteiger partial charge in [-0.25, -0.2) is 13.2 Å². The summed E-state index contributed by atoms with van der Waals surface area (Å²) in [6.45, 7) is 4.52. The van der Waals surface area contributed by atoms with Crippen LogP contribution in [0.4, 0.5) is 4.79 Å². The number of sulfonamides is 1. The molecule has 162 valence electrons. The maximum absolute atomic E-state index is 12.9. The van der Waals surface area contributed by atoms with Gasteiger partial charge in [0.25, 0.3) is 0 Å². The summed E-state index contributed by atoms with van der Waals surface area (Å²) in [5.74, 6) is -0.0777. The van der Waals surface area contributed by atoms with E-state index in [4.69, 9.17) is 0 Å². The molecule has 1 heterocycles. The van der Waals surface area contributed by atoms with E-state index in [0.717, 1.165) is 11.1 Å². The van der Waals surface area contributed by atoms with Gasteiger partial charge in [-0.1, -0.05) is 18.2 Å². The molecule has 2 aromatic rings. The van der Waals surface area contributed by atoms with Crippen molar-refractivity contribution in [2.75, 3.05) is 26.2 Å². The van der Waals surface area contributed by atoms with E-state index in [1.165, 1.54) is 16.4 Å². The second-order valence-electron chi connectivity index (χ2n) is 7.58. The van der Waals surface area contributed by atoms with Crippen molar-refractivity contribution in [1.82, 2.24) is 14.5 Å². The summed E-state index contributed by atoms with van der Waals surface area (Å²) >= 11 is 0. The van der Waals surface area contributed by atoms with Gasteiger partial charge < -0.3 is 20.4 Å². The van der Waals surface area contributed by atoms with Gasteiger partial charge in [-0.05, 0) is 55.7 Å². The van der Waals surface area contributed by atoms with Gasteiger partial charge in [0.1, 0.15) is 16.4 Å². The molecule has 2 amide bonds. The number of aromatic hydroxyl groups is 2. The highest BCUT2D eigenvalue weighted by Crippen LogP contribution is 2.27. The van der Waals surface area contributed by atoms with Gasteiger partial charge >= 0.3 is 6.03 Å². The molecular formula is C21H27N3O5S. The summed E-state index contributed by atoms with van der Waals surface area (Å²) in [5.41, 5.74) is 1.74.